The molecule has 7 nitrogen and oxygen atoms in total. The van der Waals surface area contributed by atoms with Crippen LogP contribution >= 0.6 is 0 Å². The van der Waals surface area contributed by atoms with E-state index < -0.39 is 6.10 Å². The van der Waals surface area contributed by atoms with Gasteiger partial charge in [0.2, 0.25) is 0 Å². The molecule has 132 valence electrons. The third-order valence-electron chi connectivity index (χ3n) is 4.61. The molecule has 4 heterocycles. The number of hydrogen-bond acceptors (Lipinski definition) is 5. The lowest BCUT2D eigenvalue weighted by molar-refractivity contribution is 0.213. The van der Waals surface area contributed by atoms with Gasteiger partial charge in [0.05, 0.1) is 29.3 Å². The van der Waals surface area contributed by atoms with Crippen LogP contribution < -0.4 is 0 Å². The molecule has 1 aromatic carbocycles. The van der Waals surface area contributed by atoms with Crippen molar-refractivity contribution >= 4 is 16.6 Å². The van der Waals surface area contributed by atoms with Crippen molar-refractivity contribution in [1.29, 1.82) is 0 Å². The van der Waals surface area contributed by atoms with Crippen molar-refractivity contribution in [2.75, 3.05) is 0 Å². The molecule has 0 unspecified atom stereocenters. The zero-order valence-electron chi connectivity index (χ0n) is 14.6. The Morgan fingerprint density at radius 2 is 1.96 bits per heavy atom. The Morgan fingerprint density at radius 3 is 2.81 bits per heavy atom. The number of aryl methyl sites for hydroxylation is 1. The number of aliphatic hydroxyl groups is 1. The van der Waals surface area contributed by atoms with E-state index in [-0.39, 0.29) is 0 Å². The van der Waals surface area contributed by atoms with Crippen LogP contribution in [0.2, 0.25) is 0 Å². The van der Waals surface area contributed by atoms with Crippen molar-refractivity contribution in [3.63, 3.8) is 0 Å². The van der Waals surface area contributed by atoms with Gasteiger partial charge in [-0.2, -0.15) is 10.2 Å². The van der Waals surface area contributed by atoms with E-state index >= 15 is 0 Å². The van der Waals surface area contributed by atoms with E-state index in [1.165, 1.54) is 0 Å². The van der Waals surface area contributed by atoms with Gasteiger partial charge in [-0.3, -0.25) is 9.67 Å². The summed E-state index contributed by atoms with van der Waals surface area (Å²) in [5.74, 6) is 0. The zero-order valence-corrected chi connectivity index (χ0v) is 14.6. The molecular formula is C20H16N6O. The van der Waals surface area contributed by atoms with E-state index in [4.69, 9.17) is 0 Å². The normalized spacial score (nSPS) is 12.7. The van der Waals surface area contributed by atoms with Gasteiger partial charge < -0.3 is 5.11 Å². The van der Waals surface area contributed by atoms with Gasteiger partial charge in [-0.25, -0.2) is 9.50 Å². The fourth-order valence-electron chi connectivity index (χ4n) is 3.22. The van der Waals surface area contributed by atoms with Gasteiger partial charge in [0.15, 0.2) is 5.65 Å². The molecule has 27 heavy (non-hydrogen) atoms. The summed E-state index contributed by atoms with van der Waals surface area (Å²) in [4.78, 5) is 8.70. The quantitative estimate of drug-likeness (QED) is 0.538. The van der Waals surface area contributed by atoms with Crippen LogP contribution in [-0.2, 0) is 7.05 Å². The minimum absolute atomic E-state index is 0.610. The molecule has 4 aromatic heterocycles. The summed E-state index contributed by atoms with van der Waals surface area (Å²) in [5, 5.41) is 20.8. The number of pyridine rings is 1. The average molecular weight is 356 g/mol. The molecule has 0 saturated heterocycles. The molecule has 0 aliphatic heterocycles. The number of rotatable bonds is 3. The first-order chi connectivity index (χ1) is 13.2. The number of imidazole rings is 1. The van der Waals surface area contributed by atoms with Crippen LogP contribution in [0.4, 0.5) is 0 Å². The first-order valence-corrected chi connectivity index (χ1v) is 8.55. The molecule has 1 N–H and O–H groups in total. The molecule has 0 spiro atoms. The van der Waals surface area contributed by atoms with Crippen LogP contribution in [0.1, 0.15) is 17.4 Å². The van der Waals surface area contributed by atoms with E-state index in [1.807, 2.05) is 55.7 Å². The van der Waals surface area contributed by atoms with Crippen molar-refractivity contribution in [3.8, 4) is 11.3 Å². The van der Waals surface area contributed by atoms with Gasteiger partial charge in [-0.05, 0) is 35.9 Å². The molecule has 0 radical (unpaired) electrons. The van der Waals surface area contributed by atoms with Crippen molar-refractivity contribution in [3.05, 3.63) is 78.5 Å². The highest BCUT2D eigenvalue weighted by molar-refractivity contribution is 5.79. The summed E-state index contributed by atoms with van der Waals surface area (Å²) in [6, 6.07) is 13.4. The molecule has 5 rings (SSSR count). The second-order valence-corrected chi connectivity index (χ2v) is 6.43. The van der Waals surface area contributed by atoms with Crippen molar-refractivity contribution in [1.82, 2.24) is 29.4 Å². The van der Waals surface area contributed by atoms with Crippen LogP contribution in [0.25, 0.3) is 27.8 Å². The van der Waals surface area contributed by atoms with Crippen LogP contribution in [-0.4, -0.2) is 34.5 Å². The minimum Gasteiger partial charge on any atom is -0.382 e. The predicted molar refractivity (Wildman–Crippen MR) is 101 cm³/mol. The Labute approximate surface area is 154 Å². The highest BCUT2D eigenvalue weighted by Crippen LogP contribution is 2.26. The molecule has 0 aliphatic carbocycles. The van der Waals surface area contributed by atoms with Gasteiger partial charge in [0.25, 0.3) is 0 Å². The second-order valence-electron chi connectivity index (χ2n) is 6.43. The summed E-state index contributed by atoms with van der Waals surface area (Å²) >= 11 is 0. The maximum atomic E-state index is 11.0. The molecular weight excluding hydrogens is 340 g/mol. The van der Waals surface area contributed by atoms with Gasteiger partial charge >= 0.3 is 0 Å². The smallest absolute Gasteiger partial charge is 0.153 e. The minimum atomic E-state index is -0.846. The molecule has 5 aromatic rings. The van der Waals surface area contributed by atoms with Crippen LogP contribution in [0.3, 0.4) is 0 Å². The molecule has 0 aliphatic rings. The summed E-state index contributed by atoms with van der Waals surface area (Å²) < 4.78 is 3.41. The second kappa shape index (κ2) is 6.00. The van der Waals surface area contributed by atoms with Gasteiger partial charge in [0, 0.05) is 30.4 Å². The number of nitrogens with zero attached hydrogens (tertiary/aromatic N) is 6. The van der Waals surface area contributed by atoms with E-state index in [0.717, 1.165) is 27.7 Å². The molecule has 7 heteroatoms. The SMILES string of the molecule is Cn1cc(-c2ccc3ncc([C@@H](O)c4ccc5ncccc5c4)n3n2)cn1. The summed E-state index contributed by atoms with van der Waals surface area (Å²) in [5.41, 5.74) is 4.63. The average Bonchev–Trinajstić information content (AvgIpc) is 3.32. The number of aliphatic hydroxyl groups excluding tert-OH is 1. The van der Waals surface area contributed by atoms with Crippen LogP contribution in [0, 0.1) is 0 Å². The fourth-order valence-corrected chi connectivity index (χ4v) is 3.22. The standard InChI is InChI=1S/C20H16N6O/c1-25-12-15(10-23-25)17-6-7-19-22-11-18(26(19)24-17)20(27)14-4-5-16-13(9-14)3-2-8-21-16/h2-12,20,27H,1H3/t20-/m0/s1. The van der Waals surface area contributed by atoms with Gasteiger partial charge in [-0.1, -0.05) is 12.1 Å². The van der Waals surface area contributed by atoms with Crippen LogP contribution in [0.5, 0.6) is 0 Å². The number of aromatic nitrogens is 6. The third kappa shape index (κ3) is 2.65. The highest BCUT2D eigenvalue weighted by Gasteiger charge is 2.17. The van der Waals surface area contributed by atoms with E-state index in [9.17, 15) is 5.11 Å². The largest absolute Gasteiger partial charge is 0.382 e. The zero-order chi connectivity index (χ0) is 18.4. The Kier molecular flexibility index (Phi) is 3.48. The highest BCUT2D eigenvalue weighted by atomic mass is 16.3. The first kappa shape index (κ1) is 15.7. The molecule has 0 amide bonds. The number of benzene rings is 1. The Morgan fingerprint density at radius 1 is 1.04 bits per heavy atom. The van der Waals surface area contributed by atoms with Crippen molar-refractivity contribution < 1.29 is 5.11 Å². The molecule has 0 fully saturated rings. The fraction of sp³-hybridized carbons (Fsp3) is 0.100. The Balaban J connectivity index is 1.60. The van der Waals surface area contributed by atoms with Gasteiger partial charge in [0.1, 0.15) is 6.10 Å². The first-order valence-electron chi connectivity index (χ1n) is 8.55. The number of hydrogen-bond donors (Lipinski definition) is 1. The molecule has 0 bridgehead atoms. The maximum absolute atomic E-state index is 11.0. The molecule has 1 atom stereocenters. The van der Waals surface area contributed by atoms with E-state index in [1.54, 1.807) is 27.8 Å². The van der Waals surface area contributed by atoms with E-state index in [2.05, 4.69) is 20.2 Å². The lowest BCUT2D eigenvalue weighted by Crippen LogP contribution is -2.06. The Hall–Kier alpha value is -3.58. The summed E-state index contributed by atoms with van der Waals surface area (Å²) in [7, 11) is 1.86. The maximum Gasteiger partial charge on any atom is 0.153 e. The van der Waals surface area contributed by atoms with Crippen molar-refractivity contribution in [2.24, 2.45) is 7.05 Å². The third-order valence-corrected chi connectivity index (χ3v) is 4.61. The summed E-state index contributed by atoms with van der Waals surface area (Å²) in [6.45, 7) is 0. The topological polar surface area (TPSA) is 81.1 Å². The summed E-state index contributed by atoms with van der Waals surface area (Å²) in [6.07, 6.45) is 6.23. The predicted octanol–water partition coefficient (Wildman–Crippen LogP) is 2.76. The lowest BCUT2D eigenvalue weighted by atomic mass is 10.0. The monoisotopic (exact) mass is 356 g/mol. The Bertz CT molecular complexity index is 1270. The molecule has 0 saturated carbocycles. The lowest BCUT2D eigenvalue weighted by Gasteiger charge is -2.11. The van der Waals surface area contributed by atoms with E-state index in [0.29, 0.717) is 11.3 Å². The van der Waals surface area contributed by atoms with Crippen LogP contribution in [0.15, 0.2) is 67.3 Å². The van der Waals surface area contributed by atoms with Gasteiger partial charge in [-0.15, -0.1) is 0 Å². The number of fused-ring (bicyclic) bond motifs is 2. The van der Waals surface area contributed by atoms with Crippen molar-refractivity contribution in [2.45, 2.75) is 6.10 Å².